The molecule has 2 heterocycles. The van der Waals surface area contributed by atoms with E-state index in [1.165, 1.54) is 28.8 Å². The molecule has 230 valence electrons. The normalized spacial score (nSPS) is 12.4. The van der Waals surface area contributed by atoms with Crippen molar-refractivity contribution in [1.29, 1.82) is 0 Å². The molecule has 45 heavy (non-hydrogen) atoms. The summed E-state index contributed by atoms with van der Waals surface area (Å²) in [5.41, 5.74) is 6.51. The molecule has 1 aliphatic carbocycles. The molecule has 7 nitrogen and oxygen atoms in total. The molecule has 0 radical (unpaired) electrons. The van der Waals surface area contributed by atoms with Crippen LogP contribution in [0.15, 0.2) is 88.9 Å². The van der Waals surface area contributed by atoms with Gasteiger partial charge >= 0.3 is 0 Å². The summed E-state index contributed by atoms with van der Waals surface area (Å²) in [7, 11) is 3.43. The zero-order valence-electron chi connectivity index (χ0n) is 25.2. The highest BCUT2D eigenvalue weighted by Crippen LogP contribution is 2.28. The van der Waals surface area contributed by atoms with Gasteiger partial charge in [0.1, 0.15) is 24.0 Å². The first-order chi connectivity index (χ1) is 21.8. The van der Waals surface area contributed by atoms with E-state index in [9.17, 15) is 18.4 Å². The van der Waals surface area contributed by atoms with Crippen LogP contribution in [0.5, 0.6) is 0 Å². The molecule has 0 N–H and O–H groups in total. The number of hydrogen-bond donors (Lipinski definition) is 0. The molecule has 1 aliphatic rings. The lowest BCUT2D eigenvalue weighted by Crippen LogP contribution is -2.26. The van der Waals surface area contributed by atoms with Gasteiger partial charge in [-0.25, -0.2) is 13.8 Å². The van der Waals surface area contributed by atoms with Crippen molar-refractivity contribution in [2.75, 3.05) is 14.1 Å². The molecular weight excluding hydrogens is 592 g/mol. The van der Waals surface area contributed by atoms with Crippen molar-refractivity contribution in [3.05, 3.63) is 135 Å². The average molecular weight is 626 g/mol. The van der Waals surface area contributed by atoms with Gasteiger partial charge in [-0.05, 0) is 59.2 Å². The Morgan fingerprint density at radius 2 is 1.51 bits per heavy atom. The number of hydrogen-bond acceptors (Lipinski definition) is 5. The Balaban J connectivity index is 1.33. The summed E-state index contributed by atoms with van der Waals surface area (Å²) in [5.74, 6) is 0.738. The molecule has 0 spiro atoms. The van der Waals surface area contributed by atoms with Crippen molar-refractivity contribution in [1.82, 2.24) is 24.0 Å². The number of fused-ring (bicyclic) bond motifs is 1. The SMILES string of the molecule is CN(C)C(=O)c1cnc(Cn2c(SCc3ccc(F)cc3)nc(=O)c3c2CCC3)n1Cc1ccc(-c2ccc(CF)cc2)cc1. The smallest absolute Gasteiger partial charge is 0.277 e. The van der Waals surface area contributed by atoms with Crippen molar-refractivity contribution in [3.8, 4) is 11.1 Å². The lowest BCUT2D eigenvalue weighted by Gasteiger charge is -2.19. The fourth-order valence-electron chi connectivity index (χ4n) is 5.62. The fraction of sp³-hybridized carbons (Fsp3) is 0.257. The van der Waals surface area contributed by atoms with Crippen LogP contribution in [0, 0.1) is 5.82 Å². The lowest BCUT2D eigenvalue weighted by atomic mass is 10.0. The van der Waals surface area contributed by atoms with Gasteiger partial charge in [0.2, 0.25) is 0 Å². The largest absolute Gasteiger partial charge is 0.343 e. The maximum absolute atomic E-state index is 13.5. The molecule has 2 aromatic heterocycles. The van der Waals surface area contributed by atoms with Crippen LogP contribution in [0.25, 0.3) is 11.1 Å². The predicted octanol–water partition coefficient (Wildman–Crippen LogP) is 6.29. The quantitative estimate of drug-likeness (QED) is 0.135. The van der Waals surface area contributed by atoms with Crippen LogP contribution in [0.3, 0.4) is 0 Å². The fourth-order valence-corrected chi connectivity index (χ4v) is 6.58. The highest BCUT2D eigenvalue weighted by Gasteiger charge is 2.25. The van der Waals surface area contributed by atoms with Crippen LogP contribution in [-0.4, -0.2) is 44.0 Å². The van der Waals surface area contributed by atoms with Crippen molar-refractivity contribution in [3.63, 3.8) is 0 Å². The number of amides is 1. The predicted molar refractivity (Wildman–Crippen MR) is 172 cm³/mol. The number of alkyl halides is 1. The summed E-state index contributed by atoms with van der Waals surface area (Å²) in [6.07, 6.45) is 3.93. The summed E-state index contributed by atoms with van der Waals surface area (Å²) in [4.78, 5) is 36.9. The van der Waals surface area contributed by atoms with E-state index in [1.54, 1.807) is 44.6 Å². The molecule has 0 saturated heterocycles. The summed E-state index contributed by atoms with van der Waals surface area (Å²) >= 11 is 1.43. The van der Waals surface area contributed by atoms with Crippen LogP contribution in [0.1, 0.15) is 50.7 Å². The maximum atomic E-state index is 13.5. The van der Waals surface area contributed by atoms with Crippen molar-refractivity contribution in [2.45, 2.75) is 49.9 Å². The summed E-state index contributed by atoms with van der Waals surface area (Å²) in [5, 5.41) is 0.572. The summed E-state index contributed by atoms with van der Waals surface area (Å²) in [6, 6.07) is 21.8. The molecule has 0 saturated carbocycles. The monoisotopic (exact) mass is 625 g/mol. The molecule has 3 aromatic carbocycles. The number of nitrogens with zero attached hydrogens (tertiary/aromatic N) is 5. The molecule has 6 rings (SSSR count). The van der Waals surface area contributed by atoms with Crippen molar-refractivity contribution in [2.24, 2.45) is 0 Å². The van der Waals surface area contributed by atoms with E-state index in [0.717, 1.165) is 46.4 Å². The zero-order valence-corrected chi connectivity index (χ0v) is 26.0. The van der Waals surface area contributed by atoms with Gasteiger partial charge in [0.05, 0.1) is 12.7 Å². The molecule has 0 unspecified atom stereocenters. The third kappa shape index (κ3) is 6.61. The number of rotatable bonds is 10. The van der Waals surface area contributed by atoms with Gasteiger partial charge < -0.3 is 14.0 Å². The van der Waals surface area contributed by atoms with Gasteiger partial charge in [-0.1, -0.05) is 72.4 Å². The summed E-state index contributed by atoms with van der Waals surface area (Å²) in [6.45, 7) is 0.257. The minimum atomic E-state index is -0.493. The van der Waals surface area contributed by atoms with E-state index in [2.05, 4.69) is 9.55 Å². The second-order valence-electron chi connectivity index (χ2n) is 11.4. The van der Waals surface area contributed by atoms with E-state index in [0.29, 0.717) is 47.5 Å². The molecule has 10 heteroatoms. The highest BCUT2D eigenvalue weighted by atomic mass is 32.2. The third-order valence-corrected chi connectivity index (χ3v) is 9.13. The topological polar surface area (TPSA) is 73.0 Å². The number of benzene rings is 3. The van der Waals surface area contributed by atoms with Gasteiger partial charge in [-0.3, -0.25) is 9.59 Å². The van der Waals surface area contributed by atoms with E-state index < -0.39 is 6.67 Å². The molecule has 0 aliphatic heterocycles. The number of thioether (sulfide) groups is 1. The van der Waals surface area contributed by atoms with Crippen LogP contribution in [0.4, 0.5) is 8.78 Å². The minimum Gasteiger partial charge on any atom is -0.343 e. The molecule has 0 atom stereocenters. The molecule has 0 fully saturated rings. The van der Waals surface area contributed by atoms with Gasteiger partial charge in [0.25, 0.3) is 11.5 Å². The Labute approximate surface area is 264 Å². The minimum absolute atomic E-state index is 0.160. The van der Waals surface area contributed by atoms with Gasteiger partial charge in [-0.2, -0.15) is 4.98 Å². The van der Waals surface area contributed by atoms with E-state index in [-0.39, 0.29) is 17.3 Å². The number of halogens is 2. The number of carbonyl (C=O) groups is 1. The molecular formula is C35H33F2N5O2S. The van der Waals surface area contributed by atoms with Crippen LogP contribution >= 0.6 is 11.8 Å². The lowest BCUT2D eigenvalue weighted by molar-refractivity contribution is 0.0817. The summed E-state index contributed by atoms with van der Waals surface area (Å²) < 4.78 is 30.4. The van der Waals surface area contributed by atoms with E-state index in [4.69, 9.17) is 4.98 Å². The Bertz CT molecular complexity index is 1880. The Morgan fingerprint density at radius 1 is 0.867 bits per heavy atom. The van der Waals surface area contributed by atoms with Crippen LogP contribution in [0.2, 0.25) is 0 Å². The van der Waals surface area contributed by atoms with Crippen molar-refractivity contribution < 1.29 is 13.6 Å². The van der Waals surface area contributed by atoms with Gasteiger partial charge in [0.15, 0.2) is 5.16 Å². The molecule has 5 aromatic rings. The standard InChI is InChI=1S/C35H33F2N5O2S/c1-40(2)34(44)31-19-38-32(41(31)20-24-8-14-27(15-9-24)26-12-6-23(18-36)7-13-26)21-42-30-5-3-4-29(30)33(43)39-35(42)45-22-25-10-16-28(37)17-11-25/h6-17,19H,3-5,18,20-22H2,1-2H3. The van der Waals surface area contributed by atoms with Gasteiger partial charge in [-0.15, -0.1) is 0 Å². The Kier molecular flexibility index (Phi) is 8.93. The second kappa shape index (κ2) is 13.2. The number of carbonyl (C=O) groups excluding carboxylic acids is 1. The Morgan fingerprint density at radius 3 is 2.16 bits per heavy atom. The van der Waals surface area contributed by atoms with Crippen LogP contribution < -0.4 is 5.56 Å². The van der Waals surface area contributed by atoms with Crippen molar-refractivity contribution >= 4 is 17.7 Å². The zero-order chi connectivity index (χ0) is 31.5. The first-order valence-corrected chi connectivity index (χ1v) is 15.8. The molecule has 0 bridgehead atoms. The van der Waals surface area contributed by atoms with E-state index in [1.807, 2.05) is 41.0 Å². The molecule has 1 amide bonds. The number of aromatic nitrogens is 4. The first-order valence-electron chi connectivity index (χ1n) is 14.8. The average Bonchev–Trinajstić information content (AvgIpc) is 3.70. The Hall–Kier alpha value is -4.57. The number of imidazole rings is 1. The third-order valence-electron chi connectivity index (χ3n) is 8.08. The first kappa shape index (κ1) is 30.5. The second-order valence-corrected chi connectivity index (χ2v) is 12.3. The maximum Gasteiger partial charge on any atom is 0.277 e. The van der Waals surface area contributed by atoms with Crippen LogP contribution in [-0.2, 0) is 38.4 Å². The highest BCUT2D eigenvalue weighted by molar-refractivity contribution is 7.98. The van der Waals surface area contributed by atoms with Gasteiger partial charge in [0, 0.05) is 37.7 Å². The van der Waals surface area contributed by atoms with E-state index >= 15 is 0 Å².